The van der Waals surface area contributed by atoms with Crippen LogP contribution in [0.1, 0.15) is 0 Å². The third kappa shape index (κ3) is 173. The van der Waals surface area contributed by atoms with Crippen LogP contribution in [-0.4, -0.2) is 19.2 Å². The van der Waals surface area contributed by atoms with Gasteiger partial charge in [-0.15, -0.1) is 0 Å². The second-order valence-electron chi connectivity index (χ2n) is 0.733. The van der Waals surface area contributed by atoms with Gasteiger partial charge in [0.2, 0.25) is 0 Å². The zero-order chi connectivity index (χ0) is 6.50. The van der Waals surface area contributed by atoms with Gasteiger partial charge in [0.25, 0.3) is 10.1 Å². The van der Waals surface area contributed by atoms with E-state index in [0.29, 0.717) is 6.26 Å². The Morgan fingerprint density at radius 2 is 1.57 bits per heavy atom. The number of hydrogen-bond acceptors (Lipinski definition) is 3. The fraction of sp³-hybridized carbons (Fsp3) is 0.500. The molecule has 0 heterocycles. The molecule has 7 heavy (non-hydrogen) atoms. The van der Waals surface area contributed by atoms with Gasteiger partial charge in [0.05, 0.1) is 6.26 Å². The first-order chi connectivity index (χ1) is 3.00. The first-order valence-corrected chi connectivity index (χ1v) is 3.00. The molecule has 0 saturated carbocycles. The topological polar surface area (TPSA) is 78.2 Å². The summed E-state index contributed by atoms with van der Waals surface area (Å²) in [5.41, 5.74) is 0. The van der Waals surface area contributed by atoms with Gasteiger partial charge in [-0.25, -0.2) is 0 Å². The maximum atomic E-state index is 9.19. The van der Waals surface area contributed by atoms with Crippen molar-refractivity contribution in [3.05, 3.63) is 6.57 Å². The van der Waals surface area contributed by atoms with Gasteiger partial charge in [-0.3, -0.25) is 4.55 Å². The van der Waals surface area contributed by atoms with Crippen LogP contribution in [0.15, 0.2) is 0 Å². The summed E-state index contributed by atoms with van der Waals surface area (Å²) >= 11 is 0. The molecule has 0 spiro atoms. The molecular formula is C2H4NO3S-. The van der Waals surface area contributed by atoms with Gasteiger partial charge >= 0.3 is 0 Å². The molecule has 0 fully saturated rings. The molecule has 0 aromatic carbocycles. The average Bonchev–Trinajstić information content (AvgIpc) is 1.36. The Morgan fingerprint density at radius 1 is 1.57 bits per heavy atom. The van der Waals surface area contributed by atoms with Crippen LogP contribution in [0, 0.1) is 11.8 Å². The smallest absolute Gasteiger partial charge is 0.261 e. The molecule has 5 heteroatoms. The van der Waals surface area contributed by atoms with E-state index >= 15 is 0 Å². The van der Waals surface area contributed by atoms with E-state index in [1.807, 2.05) is 0 Å². The third-order valence-electron chi connectivity index (χ3n) is 0. The van der Waals surface area contributed by atoms with Crippen LogP contribution < -0.4 is 0 Å². The van der Waals surface area contributed by atoms with E-state index < -0.39 is 10.1 Å². The van der Waals surface area contributed by atoms with Gasteiger partial charge in [0, 0.05) is 0 Å². The lowest BCUT2D eigenvalue weighted by Crippen LogP contribution is -1.88. The fourth-order valence-corrected chi connectivity index (χ4v) is 0. The summed E-state index contributed by atoms with van der Waals surface area (Å²) in [6.07, 6.45) is 0.715. The van der Waals surface area contributed by atoms with Crippen molar-refractivity contribution < 1.29 is 13.0 Å². The normalized spacial score (nSPS) is 8.57. The average molecular weight is 122 g/mol. The fourth-order valence-electron chi connectivity index (χ4n) is 0. The van der Waals surface area contributed by atoms with Crippen LogP contribution in [0.5, 0.6) is 0 Å². The largest absolute Gasteiger partial charge is 0.512 e. The minimum Gasteiger partial charge on any atom is -0.512 e. The molecular weight excluding hydrogens is 118 g/mol. The maximum Gasteiger partial charge on any atom is 0.261 e. The molecule has 0 aromatic heterocycles. The minimum atomic E-state index is -3.67. The molecule has 0 aliphatic rings. The van der Waals surface area contributed by atoms with Gasteiger partial charge in [0.15, 0.2) is 0 Å². The number of nitrogens with zero attached hydrogens (tertiary/aromatic N) is 1. The Morgan fingerprint density at radius 3 is 1.57 bits per heavy atom. The van der Waals surface area contributed by atoms with Gasteiger partial charge < -0.3 is 11.8 Å². The molecule has 0 radical (unpaired) electrons. The van der Waals surface area contributed by atoms with E-state index in [1.54, 1.807) is 0 Å². The highest BCUT2D eigenvalue weighted by Crippen LogP contribution is 1.60. The zero-order valence-corrected chi connectivity index (χ0v) is 4.44. The van der Waals surface area contributed by atoms with Crippen molar-refractivity contribution >= 4 is 10.1 Å². The van der Waals surface area contributed by atoms with Crippen molar-refractivity contribution in [1.29, 1.82) is 5.26 Å². The first kappa shape index (κ1) is 9.64. The van der Waals surface area contributed by atoms with E-state index in [4.69, 9.17) is 16.4 Å². The highest BCUT2D eigenvalue weighted by Gasteiger charge is 1.81. The second-order valence-corrected chi connectivity index (χ2v) is 2.20. The van der Waals surface area contributed by atoms with E-state index in [-0.39, 0.29) is 0 Å². The lowest BCUT2D eigenvalue weighted by molar-refractivity contribution is 0.490. The molecule has 4 nitrogen and oxygen atoms in total. The molecule has 0 aromatic rings. The van der Waals surface area contributed by atoms with Crippen molar-refractivity contribution in [1.82, 2.24) is 0 Å². The Labute approximate surface area is 42.1 Å². The van der Waals surface area contributed by atoms with E-state index in [0.717, 1.165) is 0 Å². The van der Waals surface area contributed by atoms with Crippen molar-refractivity contribution in [3.63, 3.8) is 0 Å². The molecule has 0 rings (SSSR count). The molecule has 0 bridgehead atoms. The third-order valence-corrected chi connectivity index (χ3v) is 0. The minimum absolute atomic E-state index is 0.715. The standard InChI is InChI=1S/CN.CH4O3S/c1-2;1-5(2,3)4/h;1H3,(H,2,3,4)/q-1;. The van der Waals surface area contributed by atoms with Gasteiger partial charge in [-0.1, -0.05) is 0 Å². The summed E-state index contributed by atoms with van der Waals surface area (Å²) in [6.45, 7) is 4.75. The lowest BCUT2D eigenvalue weighted by atomic mass is 11.9. The monoisotopic (exact) mass is 122 g/mol. The predicted octanol–water partition coefficient (Wildman–Crippen LogP) is -0.400. The zero-order valence-electron chi connectivity index (χ0n) is 3.62. The van der Waals surface area contributed by atoms with Crippen LogP contribution in [0.25, 0.3) is 0 Å². The van der Waals surface area contributed by atoms with Crippen molar-refractivity contribution in [3.8, 4) is 0 Å². The van der Waals surface area contributed by atoms with Gasteiger partial charge in [-0.2, -0.15) is 8.42 Å². The summed E-state index contributed by atoms with van der Waals surface area (Å²) in [7, 11) is -3.67. The van der Waals surface area contributed by atoms with Crippen LogP contribution in [-0.2, 0) is 10.1 Å². The van der Waals surface area contributed by atoms with Crippen molar-refractivity contribution in [2.75, 3.05) is 6.26 Å². The van der Waals surface area contributed by atoms with E-state index in [2.05, 4.69) is 0 Å². The summed E-state index contributed by atoms with van der Waals surface area (Å²) < 4.78 is 25.9. The molecule has 0 unspecified atom stereocenters. The van der Waals surface area contributed by atoms with Crippen LogP contribution >= 0.6 is 0 Å². The summed E-state index contributed by atoms with van der Waals surface area (Å²) in [6, 6.07) is 0. The van der Waals surface area contributed by atoms with Crippen LogP contribution in [0.3, 0.4) is 0 Å². The molecule has 42 valence electrons. The molecule has 0 saturated heterocycles. The molecule has 1 N–H and O–H groups in total. The summed E-state index contributed by atoms with van der Waals surface area (Å²) in [5.74, 6) is 0. The highest BCUT2D eigenvalue weighted by atomic mass is 32.2. The Bertz CT molecular complexity index is 124. The van der Waals surface area contributed by atoms with Crippen molar-refractivity contribution in [2.45, 2.75) is 0 Å². The van der Waals surface area contributed by atoms with Crippen LogP contribution in [0.2, 0.25) is 0 Å². The SMILES string of the molecule is CS(=O)(=O)O.[C-]#N. The summed E-state index contributed by atoms with van der Waals surface area (Å²) in [5, 5.41) is 6.25. The van der Waals surface area contributed by atoms with Crippen LogP contribution in [0.4, 0.5) is 0 Å². The predicted molar refractivity (Wildman–Crippen MR) is 22.4 cm³/mol. The Balaban J connectivity index is 0. The van der Waals surface area contributed by atoms with E-state index in [1.165, 1.54) is 0 Å². The maximum absolute atomic E-state index is 9.19. The quantitative estimate of drug-likeness (QED) is 0.350. The second kappa shape index (κ2) is 3.59. The molecule has 0 aliphatic heterocycles. The number of rotatable bonds is 0. The Kier molecular flexibility index (Phi) is 4.94. The molecule has 0 atom stereocenters. The highest BCUT2D eigenvalue weighted by molar-refractivity contribution is 7.85. The Hall–Kier alpha value is -0.600. The number of hydrogen-bond donors (Lipinski definition) is 1. The lowest BCUT2D eigenvalue weighted by Gasteiger charge is -1.69. The molecule has 0 amide bonds. The molecule has 0 aliphatic carbocycles. The van der Waals surface area contributed by atoms with E-state index in [9.17, 15) is 8.42 Å². The van der Waals surface area contributed by atoms with Crippen molar-refractivity contribution in [2.24, 2.45) is 0 Å². The summed E-state index contributed by atoms with van der Waals surface area (Å²) in [4.78, 5) is 0. The first-order valence-electron chi connectivity index (χ1n) is 1.15. The van der Waals surface area contributed by atoms with Gasteiger partial charge in [-0.05, 0) is 0 Å². The van der Waals surface area contributed by atoms with Gasteiger partial charge in [0.1, 0.15) is 0 Å².